The van der Waals surface area contributed by atoms with Crippen LogP contribution < -0.4 is 0 Å². The quantitative estimate of drug-likeness (QED) is 0.482. The minimum atomic E-state index is -3.64. The SMILES string of the molecule is O=S(=O)(c1ccc(-c2ccccc2)cc1)N1CCSC1c1ccc(Cl)cc1Cl. The molecule has 1 saturated heterocycles. The molecule has 1 aliphatic rings. The largest absolute Gasteiger partial charge is 0.244 e. The normalized spacial score (nSPS) is 17.7. The predicted molar refractivity (Wildman–Crippen MR) is 117 cm³/mol. The number of sulfonamides is 1. The third-order valence-electron chi connectivity index (χ3n) is 4.65. The van der Waals surface area contributed by atoms with Crippen LogP contribution in [-0.4, -0.2) is 25.0 Å². The van der Waals surface area contributed by atoms with Gasteiger partial charge in [0, 0.05) is 22.3 Å². The fraction of sp³-hybridized carbons (Fsp3) is 0.143. The van der Waals surface area contributed by atoms with Gasteiger partial charge in [0.15, 0.2) is 0 Å². The Morgan fingerprint density at radius 1 is 0.893 bits per heavy atom. The molecule has 3 aromatic carbocycles. The Hall–Kier alpha value is -1.50. The predicted octanol–water partition coefficient (Wildman–Crippen LogP) is 6.10. The van der Waals surface area contributed by atoms with Gasteiger partial charge in [-0.25, -0.2) is 8.42 Å². The van der Waals surface area contributed by atoms with E-state index in [4.69, 9.17) is 23.2 Å². The third kappa shape index (κ3) is 3.82. The summed E-state index contributed by atoms with van der Waals surface area (Å²) in [6, 6.07) is 22.1. The van der Waals surface area contributed by atoms with Crippen LogP contribution in [0.4, 0.5) is 0 Å². The van der Waals surface area contributed by atoms with Crippen molar-refractivity contribution in [3.8, 4) is 11.1 Å². The van der Waals surface area contributed by atoms with Crippen molar-refractivity contribution in [3.05, 3.63) is 88.4 Å². The van der Waals surface area contributed by atoms with Gasteiger partial charge in [-0.2, -0.15) is 4.31 Å². The van der Waals surface area contributed by atoms with Gasteiger partial charge in [0.1, 0.15) is 0 Å². The van der Waals surface area contributed by atoms with Gasteiger partial charge in [-0.3, -0.25) is 0 Å². The standard InChI is InChI=1S/C21H17Cl2NO2S2/c22-17-8-11-19(20(23)14-17)21-24(12-13-27-21)28(25,26)18-9-6-16(7-10-18)15-4-2-1-3-5-15/h1-11,14,21H,12-13H2. The molecule has 1 heterocycles. The van der Waals surface area contributed by atoms with Gasteiger partial charge >= 0.3 is 0 Å². The van der Waals surface area contributed by atoms with Crippen molar-refractivity contribution in [1.82, 2.24) is 4.31 Å². The summed E-state index contributed by atoms with van der Waals surface area (Å²) in [7, 11) is -3.64. The molecule has 0 aromatic heterocycles. The number of halogens is 2. The second-order valence-electron chi connectivity index (χ2n) is 6.40. The van der Waals surface area contributed by atoms with Crippen LogP contribution in [-0.2, 0) is 10.0 Å². The van der Waals surface area contributed by atoms with Gasteiger partial charge in [-0.15, -0.1) is 11.8 Å². The molecule has 0 saturated carbocycles. The van der Waals surface area contributed by atoms with Crippen molar-refractivity contribution in [1.29, 1.82) is 0 Å². The molecule has 1 unspecified atom stereocenters. The van der Waals surface area contributed by atoms with Crippen LogP contribution in [0.1, 0.15) is 10.9 Å². The minimum absolute atomic E-state index is 0.282. The number of benzene rings is 3. The van der Waals surface area contributed by atoms with Crippen molar-refractivity contribution in [2.45, 2.75) is 10.3 Å². The van der Waals surface area contributed by atoms with Crippen LogP contribution in [0.25, 0.3) is 11.1 Å². The molecule has 3 nitrogen and oxygen atoms in total. The Bertz CT molecular complexity index is 1090. The fourth-order valence-corrected chi connectivity index (χ4v) is 7.08. The average molecular weight is 450 g/mol. The highest BCUT2D eigenvalue weighted by Crippen LogP contribution is 2.44. The van der Waals surface area contributed by atoms with E-state index < -0.39 is 10.0 Å². The summed E-state index contributed by atoms with van der Waals surface area (Å²) < 4.78 is 28.1. The summed E-state index contributed by atoms with van der Waals surface area (Å²) in [6.07, 6.45) is 0. The van der Waals surface area contributed by atoms with Crippen LogP contribution in [0.3, 0.4) is 0 Å². The maximum Gasteiger partial charge on any atom is 0.244 e. The molecule has 4 rings (SSSR count). The zero-order valence-corrected chi connectivity index (χ0v) is 17.9. The number of hydrogen-bond acceptors (Lipinski definition) is 3. The van der Waals surface area contributed by atoms with Crippen molar-refractivity contribution >= 4 is 45.0 Å². The first-order valence-corrected chi connectivity index (χ1v) is 12.0. The average Bonchev–Trinajstić information content (AvgIpc) is 3.19. The second-order valence-corrected chi connectivity index (χ2v) is 10.3. The van der Waals surface area contributed by atoms with E-state index in [0.29, 0.717) is 22.3 Å². The van der Waals surface area contributed by atoms with Crippen LogP contribution >= 0.6 is 35.0 Å². The molecule has 0 bridgehead atoms. The molecule has 3 aromatic rings. The Morgan fingerprint density at radius 2 is 1.57 bits per heavy atom. The monoisotopic (exact) mass is 449 g/mol. The molecular formula is C21H17Cl2NO2S2. The van der Waals surface area contributed by atoms with Gasteiger partial charge < -0.3 is 0 Å². The van der Waals surface area contributed by atoms with E-state index in [9.17, 15) is 8.42 Å². The minimum Gasteiger partial charge on any atom is -0.207 e. The summed E-state index contributed by atoms with van der Waals surface area (Å²) in [5.41, 5.74) is 2.79. The third-order valence-corrected chi connectivity index (χ3v) is 8.46. The lowest BCUT2D eigenvalue weighted by Crippen LogP contribution is -2.30. The van der Waals surface area contributed by atoms with E-state index in [-0.39, 0.29) is 10.3 Å². The lowest BCUT2D eigenvalue weighted by molar-refractivity contribution is 0.434. The Morgan fingerprint density at radius 3 is 2.25 bits per heavy atom. The maximum absolute atomic E-state index is 13.3. The van der Waals surface area contributed by atoms with E-state index in [2.05, 4.69) is 0 Å². The smallest absolute Gasteiger partial charge is 0.207 e. The van der Waals surface area contributed by atoms with Crippen LogP contribution in [0.5, 0.6) is 0 Å². The first-order valence-electron chi connectivity index (χ1n) is 8.71. The molecule has 0 N–H and O–H groups in total. The van der Waals surface area contributed by atoms with Crippen LogP contribution in [0.15, 0.2) is 77.7 Å². The second kappa shape index (κ2) is 8.09. The summed E-state index contributed by atoms with van der Waals surface area (Å²) in [4.78, 5) is 0.282. The summed E-state index contributed by atoms with van der Waals surface area (Å²) in [5, 5.41) is 0.651. The van der Waals surface area contributed by atoms with Crippen LogP contribution in [0.2, 0.25) is 10.0 Å². The van der Waals surface area contributed by atoms with E-state index in [0.717, 1.165) is 16.7 Å². The number of hydrogen-bond donors (Lipinski definition) is 0. The Kier molecular flexibility index (Phi) is 5.72. The van der Waals surface area contributed by atoms with Crippen molar-refractivity contribution < 1.29 is 8.42 Å². The number of rotatable bonds is 4. The molecular weight excluding hydrogens is 433 g/mol. The van der Waals surface area contributed by atoms with E-state index >= 15 is 0 Å². The molecule has 0 aliphatic carbocycles. The Balaban J connectivity index is 1.65. The maximum atomic E-state index is 13.3. The molecule has 7 heteroatoms. The van der Waals surface area contributed by atoms with Gasteiger partial charge in [-0.05, 0) is 41.0 Å². The lowest BCUT2D eigenvalue weighted by Gasteiger charge is -2.24. The lowest BCUT2D eigenvalue weighted by atomic mass is 10.1. The van der Waals surface area contributed by atoms with Crippen LogP contribution in [0, 0.1) is 0 Å². The molecule has 0 spiro atoms. The van der Waals surface area contributed by atoms with Gasteiger partial charge in [0.05, 0.1) is 10.3 Å². The van der Waals surface area contributed by atoms with Gasteiger partial charge in [0.25, 0.3) is 0 Å². The molecule has 1 aliphatic heterocycles. The van der Waals surface area contributed by atoms with Crippen molar-refractivity contribution in [2.75, 3.05) is 12.3 Å². The highest BCUT2D eigenvalue weighted by atomic mass is 35.5. The molecule has 144 valence electrons. The summed E-state index contributed by atoms with van der Waals surface area (Å²) in [5.74, 6) is 0.713. The topological polar surface area (TPSA) is 37.4 Å². The molecule has 1 atom stereocenters. The first kappa shape index (κ1) is 19.8. The van der Waals surface area contributed by atoms with E-state index in [1.165, 1.54) is 4.31 Å². The zero-order chi connectivity index (χ0) is 19.7. The fourth-order valence-electron chi connectivity index (χ4n) is 3.23. The molecule has 0 amide bonds. The molecule has 1 fully saturated rings. The number of nitrogens with zero attached hydrogens (tertiary/aromatic N) is 1. The van der Waals surface area contributed by atoms with Crippen molar-refractivity contribution in [2.24, 2.45) is 0 Å². The molecule has 28 heavy (non-hydrogen) atoms. The van der Waals surface area contributed by atoms with Gasteiger partial charge in [0.2, 0.25) is 10.0 Å². The van der Waals surface area contributed by atoms with E-state index in [1.54, 1.807) is 42.1 Å². The zero-order valence-electron chi connectivity index (χ0n) is 14.8. The Labute approximate surface area is 179 Å². The molecule has 0 radical (unpaired) electrons. The van der Waals surface area contributed by atoms with Crippen molar-refractivity contribution in [3.63, 3.8) is 0 Å². The van der Waals surface area contributed by atoms with E-state index in [1.807, 2.05) is 42.5 Å². The van der Waals surface area contributed by atoms with Gasteiger partial charge in [-0.1, -0.05) is 71.7 Å². The number of thioether (sulfide) groups is 1. The summed E-state index contributed by atoms with van der Waals surface area (Å²) >= 11 is 13.9. The highest BCUT2D eigenvalue weighted by molar-refractivity contribution is 8.01. The summed E-state index contributed by atoms with van der Waals surface area (Å²) in [6.45, 7) is 0.442. The first-order chi connectivity index (χ1) is 13.5. The highest BCUT2D eigenvalue weighted by Gasteiger charge is 2.37.